The Morgan fingerprint density at radius 3 is 2.88 bits per heavy atom. The van der Waals surface area contributed by atoms with Crippen molar-refractivity contribution in [3.05, 3.63) is 35.5 Å². The van der Waals surface area contributed by atoms with E-state index in [9.17, 15) is 4.79 Å². The van der Waals surface area contributed by atoms with Crippen LogP contribution < -0.4 is 11.1 Å². The van der Waals surface area contributed by atoms with Gasteiger partial charge in [0.05, 0.1) is 16.8 Å². The van der Waals surface area contributed by atoms with Gasteiger partial charge in [-0.1, -0.05) is 12.1 Å². The van der Waals surface area contributed by atoms with Crippen LogP contribution in [0, 0.1) is 6.92 Å². The Labute approximate surface area is 93.5 Å². The highest BCUT2D eigenvalue weighted by atomic mass is 16.1. The molecule has 0 radical (unpaired) electrons. The van der Waals surface area contributed by atoms with Crippen LogP contribution in [0.2, 0.25) is 0 Å². The Morgan fingerprint density at radius 1 is 1.44 bits per heavy atom. The SMILES string of the molecule is CNC(=O)c1cc(C)nc2c(N)cccc12. The fraction of sp³-hybridized carbons (Fsp3) is 0.167. The Bertz CT molecular complexity index is 563. The maximum absolute atomic E-state index is 11.7. The number of carbonyl (C=O) groups is 1. The number of nitrogens with zero attached hydrogens (tertiary/aromatic N) is 1. The van der Waals surface area contributed by atoms with Crippen LogP contribution in [0.3, 0.4) is 0 Å². The summed E-state index contributed by atoms with van der Waals surface area (Å²) in [7, 11) is 1.61. The summed E-state index contributed by atoms with van der Waals surface area (Å²) in [6, 6.07) is 7.22. The summed E-state index contributed by atoms with van der Waals surface area (Å²) >= 11 is 0. The zero-order valence-corrected chi connectivity index (χ0v) is 9.24. The molecule has 0 bridgehead atoms. The lowest BCUT2D eigenvalue weighted by molar-refractivity contribution is 0.0964. The fourth-order valence-electron chi connectivity index (χ4n) is 1.72. The smallest absolute Gasteiger partial charge is 0.251 e. The maximum Gasteiger partial charge on any atom is 0.251 e. The molecule has 4 nitrogen and oxygen atoms in total. The first-order chi connectivity index (χ1) is 7.63. The monoisotopic (exact) mass is 215 g/mol. The van der Waals surface area contributed by atoms with E-state index in [1.165, 1.54) is 0 Å². The molecule has 4 heteroatoms. The summed E-state index contributed by atoms with van der Waals surface area (Å²) in [4.78, 5) is 16.1. The second kappa shape index (κ2) is 3.81. The van der Waals surface area contributed by atoms with Crippen molar-refractivity contribution in [1.29, 1.82) is 0 Å². The number of carbonyl (C=O) groups excluding carboxylic acids is 1. The minimum Gasteiger partial charge on any atom is -0.397 e. The molecule has 1 aromatic carbocycles. The molecule has 0 saturated carbocycles. The summed E-state index contributed by atoms with van der Waals surface area (Å²) in [5.74, 6) is -0.124. The number of hydrogen-bond donors (Lipinski definition) is 2. The zero-order valence-electron chi connectivity index (χ0n) is 9.24. The molecule has 1 aromatic heterocycles. The van der Waals surface area contributed by atoms with Crippen molar-refractivity contribution in [1.82, 2.24) is 10.3 Å². The molecule has 16 heavy (non-hydrogen) atoms. The van der Waals surface area contributed by atoms with Crippen molar-refractivity contribution in [3.63, 3.8) is 0 Å². The number of aromatic nitrogens is 1. The standard InChI is InChI=1S/C12H13N3O/c1-7-6-9(12(16)14-2)8-4-3-5-10(13)11(8)15-7/h3-6H,13H2,1-2H3,(H,14,16). The van der Waals surface area contributed by atoms with Gasteiger partial charge in [0.2, 0.25) is 0 Å². The first-order valence-corrected chi connectivity index (χ1v) is 5.01. The Hall–Kier alpha value is -2.10. The molecule has 2 rings (SSSR count). The van der Waals surface area contributed by atoms with E-state index in [0.29, 0.717) is 16.8 Å². The number of pyridine rings is 1. The van der Waals surface area contributed by atoms with Gasteiger partial charge < -0.3 is 11.1 Å². The number of nitrogens with two attached hydrogens (primary N) is 1. The minimum atomic E-state index is -0.124. The van der Waals surface area contributed by atoms with E-state index in [4.69, 9.17) is 5.73 Å². The predicted molar refractivity (Wildman–Crippen MR) is 64.3 cm³/mol. The lowest BCUT2D eigenvalue weighted by Gasteiger charge is -2.08. The molecule has 3 N–H and O–H groups in total. The number of anilines is 1. The minimum absolute atomic E-state index is 0.124. The van der Waals surface area contributed by atoms with Gasteiger partial charge in [-0.15, -0.1) is 0 Å². The molecule has 82 valence electrons. The third-order valence-corrected chi connectivity index (χ3v) is 2.47. The Kier molecular flexibility index (Phi) is 2.48. The number of benzene rings is 1. The van der Waals surface area contributed by atoms with E-state index < -0.39 is 0 Å². The highest BCUT2D eigenvalue weighted by Gasteiger charge is 2.11. The number of fused-ring (bicyclic) bond motifs is 1. The Morgan fingerprint density at radius 2 is 2.19 bits per heavy atom. The maximum atomic E-state index is 11.7. The molecular weight excluding hydrogens is 202 g/mol. The first kappa shape index (κ1) is 10.4. The topological polar surface area (TPSA) is 68.0 Å². The molecule has 0 fully saturated rings. The number of nitrogen functional groups attached to an aromatic ring is 1. The highest BCUT2D eigenvalue weighted by Crippen LogP contribution is 2.23. The third kappa shape index (κ3) is 1.58. The van der Waals surface area contributed by atoms with Gasteiger partial charge in [-0.25, -0.2) is 0 Å². The van der Waals surface area contributed by atoms with Gasteiger partial charge in [-0.3, -0.25) is 9.78 Å². The number of hydrogen-bond acceptors (Lipinski definition) is 3. The van der Waals surface area contributed by atoms with E-state index in [2.05, 4.69) is 10.3 Å². The van der Waals surface area contributed by atoms with Crippen LogP contribution in [0.5, 0.6) is 0 Å². The quantitative estimate of drug-likeness (QED) is 0.708. The summed E-state index contributed by atoms with van der Waals surface area (Å²) in [5.41, 5.74) is 8.50. The first-order valence-electron chi connectivity index (χ1n) is 5.01. The molecule has 0 spiro atoms. The van der Waals surface area contributed by atoms with Crippen molar-refractivity contribution in [3.8, 4) is 0 Å². The molecule has 2 aromatic rings. The van der Waals surface area contributed by atoms with E-state index >= 15 is 0 Å². The van der Waals surface area contributed by atoms with Crippen LogP contribution in [0.15, 0.2) is 24.3 Å². The number of amides is 1. The molecule has 0 unspecified atom stereocenters. The van der Waals surface area contributed by atoms with Crippen molar-refractivity contribution in [2.24, 2.45) is 0 Å². The molecule has 0 aliphatic rings. The van der Waals surface area contributed by atoms with E-state index in [-0.39, 0.29) is 5.91 Å². The van der Waals surface area contributed by atoms with Gasteiger partial charge in [0.15, 0.2) is 0 Å². The number of aryl methyl sites for hydroxylation is 1. The largest absolute Gasteiger partial charge is 0.397 e. The van der Waals surface area contributed by atoms with Crippen LogP contribution in [-0.2, 0) is 0 Å². The van der Waals surface area contributed by atoms with Crippen molar-refractivity contribution >= 4 is 22.5 Å². The van der Waals surface area contributed by atoms with E-state index in [1.54, 1.807) is 19.2 Å². The second-order valence-electron chi connectivity index (χ2n) is 3.63. The van der Waals surface area contributed by atoms with Crippen LogP contribution in [0.25, 0.3) is 10.9 Å². The molecule has 0 aliphatic heterocycles. The van der Waals surface area contributed by atoms with E-state index in [1.807, 2.05) is 19.1 Å². The van der Waals surface area contributed by atoms with Gasteiger partial charge in [-0.2, -0.15) is 0 Å². The molecule has 0 saturated heterocycles. The molecular formula is C12H13N3O. The van der Waals surface area contributed by atoms with Gasteiger partial charge in [-0.05, 0) is 19.1 Å². The molecule has 1 heterocycles. The number of nitrogens with one attached hydrogen (secondary N) is 1. The van der Waals surface area contributed by atoms with Crippen molar-refractivity contribution in [2.45, 2.75) is 6.92 Å². The van der Waals surface area contributed by atoms with Crippen LogP contribution >= 0.6 is 0 Å². The lowest BCUT2D eigenvalue weighted by atomic mass is 10.1. The second-order valence-corrected chi connectivity index (χ2v) is 3.63. The normalized spacial score (nSPS) is 10.4. The molecule has 1 amide bonds. The van der Waals surface area contributed by atoms with Crippen LogP contribution in [0.1, 0.15) is 16.1 Å². The lowest BCUT2D eigenvalue weighted by Crippen LogP contribution is -2.18. The fourth-order valence-corrected chi connectivity index (χ4v) is 1.72. The van der Waals surface area contributed by atoms with Gasteiger partial charge in [0.25, 0.3) is 5.91 Å². The molecule has 0 aliphatic carbocycles. The van der Waals surface area contributed by atoms with Gasteiger partial charge in [0, 0.05) is 18.1 Å². The average Bonchev–Trinajstić information content (AvgIpc) is 2.28. The van der Waals surface area contributed by atoms with Crippen molar-refractivity contribution < 1.29 is 4.79 Å². The van der Waals surface area contributed by atoms with E-state index in [0.717, 1.165) is 11.1 Å². The summed E-state index contributed by atoms with van der Waals surface area (Å²) in [5, 5.41) is 3.39. The Balaban J connectivity index is 2.83. The number of para-hydroxylation sites is 1. The van der Waals surface area contributed by atoms with Gasteiger partial charge >= 0.3 is 0 Å². The zero-order chi connectivity index (χ0) is 11.7. The van der Waals surface area contributed by atoms with Crippen LogP contribution in [0.4, 0.5) is 5.69 Å². The van der Waals surface area contributed by atoms with Gasteiger partial charge in [0.1, 0.15) is 0 Å². The molecule has 0 atom stereocenters. The summed E-state index contributed by atoms with van der Waals surface area (Å²) in [6.07, 6.45) is 0. The summed E-state index contributed by atoms with van der Waals surface area (Å²) in [6.45, 7) is 1.85. The predicted octanol–water partition coefficient (Wildman–Crippen LogP) is 1.49. The summed E-state index contributed by atoms with van der Waals surface area (Å²) < 4.78 is 0. The van der Waals surface area contributed by atoms with Crippen LogP contribution in [-0.4, -0.2) is 17.9 Å². The average molecular weight is 215 g/mol. The number of rotatable bonds is 1. The van der Waals surface area contributed by atoms with Crippen molar-refractivity contribution in [2.75, 3.05) is 12.8 Å². The third-order valence-electron chi connectivity index (χ3n) is 2.47. The highest BCUT2D eigenvalue weighted by molar-refractivity contribution is 6.08.